The second kappa shape index (κ2) is 23.1. The van der Waals surface area contributed by atoms with E-state index in [0.717, 1.165) is 18.2 Å². The van der Waals surface area contributed by atoms with Crippen LogP contribution >= 0.6 is 0 Å². The molecular formula is C62H73N5O16. The molecule has 3 aliphatic carbocycles. The van der Waals surface area contributed by atoms with Gasteiger partial charge in [0.15, 0.2) is 17.5 Å². The molecule has 21 nitrogen and oxygen atoms in total. The summed E-state index contributed by atoms with van der Waals surface area (Å²) in [5, 5.41) is 52.0. The zero-order valence-corrected chi connectivity index (χ0v) is 48.3. The van der Waals surface area contributed by atoms with Crippen molar-refractivity contribution >= 4 is 41.9 Å². The summed E-state index contributed by atoms with van der Waals surface area (Å²) in [6.45, 7) is 17.9. The summed E-state index contributed by atoms with van der Waals surface area (Å²) < 4.78 is 29.5. The zero-order chi connectivity index (χ0) is 60.8. The molecule has 1 aliphatic heterocycles. The van der Waals surface area contributed by atoms with Crippen molar-refractivity contribution in [3.63, 3.8) is 0 Å². The van der Waals surface area contributed by atoms with Crippen LogP contribution in [0.4, 0.5) is 4.79 Å². The minimum Gasteiger partial charge on any atom is -0.456 e. The maximum atomic E-state index is 14.9. The number of Topliss-reactive ketones (excluding diaryl/α,β-unsaturated/α-hetero) is 1. The van der Waals surface area contributed by atoms with Gasteiger partial charge in [-0.15, -0.1) is 0 Å². The molecule has 8 N–H and O–H groups in total. The van der Waals surface area contributed by atoms with Crippen LogP contribution in [-0.2, 0) is 43.5 Å². The van der Waals surface area contributed by atoms with Crippen LogP contribution in [-0.4, -0.2) is 130 Å². The third-order valence-electron chi connectivity index (χ3n) is 16.4. The highest BCUT2D eigenvalue weighted by atomic mass is 16.6. The first kappa shape index (κ1) is 61.3. The molecule has 0 unspecified atom stereocenters. The standard InChI is InChI=1S/C43H53NO14.C19H20N4O2/c1-22-26(55-37(51)32(48)30(24-15-11-9-12-16-24)44-38(52)58-39(3,4)5)20-43(53)35(56-36(50)25-17-13-10-14-18-25)33-41(8,34(49)31(47)29(22)40(43,6)7)27(46)19-28-42(33,21-54-28)57-23(2)45;1-19(2,3)16-13(20-11-21-16)10-15-18(25)22-14(17(24)23-15)9-12-7-5-4-6-8-12/h9-18,26-28,30-33,35,46-48,53H,19-21H2,1-8H3,(H,44,52);4-11H,1-3H3,(H,20,21)(H,22,25)(H,23,24)/b;14-9-,15-10-/t26-,27-,28+,30-,31+,32+,33-,35-,41+,42-,43+;/m0./s1. The number of H-pyrrole nitrogens is 3. The van der Waals surface area contributed by atoms with Gasteiger partial charge in [-0.25, -0.2) is 19.4 Å². The van der Waals surface area contributed by atoms with E-state index in [0.29, 0.717) is 11.3 Å². The van der Waals surface area contributed by atoms with Crippen molar-refractivity contribution in [2.75, 3.05) is 6.61 Å². The van der Waals surface area contributed by atoms with Gasteiger partial charge in [-0.05, 0) is 81.2 Å². The molecule has 3 fully saturated rings. The summed E-state index contributed by atoms with van der Waals surface area (Å²) in [6.07, 6.45) is -6.68. The van der Waals surface area contributed by atoms with Crippen molar-refractivity contribution in [3.8, 4) is 0 Å². The summed E-state index contributed by atoms with van der Waals surface area (Å²) in [7, 11) is 0. The Labute approximate surface area is 478 Å². The van der Waals surface area contributed by atoms with Crippen molar-refractivity contribution in [3.05, 3.63) is 168 Å². The Morgan fingerprint density at radius 2 is 1.41 bits per heavy atom. The number of benzene rings is 3. The second-order valence-corrected chi connectivity index (χ2v) is 24.4. The largest absolute Gasteiger partial charge is 0.456 e. The minimum absolute atomic E-state index is 0.0637. The molecule has 2 bridgehead atoms. The van der Waals surface area contributed by atoms with Crippen LogP contribution in [0, 0.1) is 16.7 Å². The number of esters is 3. The van der Waals surface area contributed by atoms with E-state index in [4.69, 9.17) is 23.7 Å². The molecule has 3 aromatic carbocycles. The maximum absolute atomic E-state index is 14.9. The maximum Gasteiger partial charge on any atom is 0.408 e. The minimum atomic E-state index is -2.35. The summed E-state index contributed by atoms with van der Waals surface area (Å²) in [4.78, 5) is 106. The van der Waals surface area contributed by atoms with Crippen LogP contribution in [0.2, 0.25) is 0 Å². The van der Waals surface area contributed by atoms with Gasteiger partial charge in [-0.3, -0.25) is 19.2 Å². The average molecular weight is 1140 g/mol. The Bertz CT molecular complexity index is 3550. The monoisotopic (exact) mass is 1140 g/mol. The molecule has 4 aliphatic rings. The predicted octanol–water partition coefficient (Wildman–Crippen LogP) is 4.00. The van der Waals surface area contributed by atoms with Crippen molar-refractivity contribution in [1.82, 2.24) is 25.3 Å². The lowest BCUT2D eigenvalue weighted by Crippen LogP contribution is -2.81. The number of aliphatic hydroxyl groups is 4. The molecule has 2 saturated carbocycles. The van der Waals surface area contributed by atoms with E-state index in [2.05, 4.69) is 25.3 Å². The van der Waals surface area contributed by atoms with E-state index in [1.165, 1.54) is 26.0 Å². The number of aromatic nitrogens is 4. The molecule has 5 aromatic rings. The number of hydrogen-bond acceptors (Lipinski definition) is 17. The Morgan fingerprint density at radius 3 is 1.96 bits per heavy atom. The first-order chi connectivity index (χ1) is 38.8. The van der Waals surface area contributed by atoms with Gasteiger partial charge in [-0.1, -0.05) is 113 Å². The van der Waals surface area contributed by atoms with Gasteiger partial charge in [0.2, 0.25) is 0 Å². The van der Waals surface area contributed by atoms with Crippen molar-refractivity contribution < 1.29 is 68.1 Å². The molecule has 9 rings (SSSR count). The number of ether oxygens (including phenoxy) is 5. The number of alkyl carbamates (subject to hydrolysis) is 1. The lowest BCUT2D eigenvalue weighted by molar-refractivity contribution is -0.346. The van der Waals surface area contributed by atoms with E-state index in [-0.39, 0.29) is 57.0 Å². The van der Waals surface area contributed by atoms with E-state index in [9.17, 15) is 54.0 Å². The van der Waals surface area contributed by atoms with E-state index >= 15 is 0 Å². The number of nitrogens with one attached hydrogen (secondary N) is 4. The van der Waals surface area contributed by atoms with Crippen LogP contribution < -0.4 is 27.1 Å². The number of imidazole rings is 1. The molecule has 0 spiro atoms. The topological polar surface area (TPSA) is 319 Å². The Hall–Kier alpha value is -7.82. The fraction of sp³-hybridized carbons (Fsp3) is 0.452. The van der Waals surface area contributed by atoms with E-state index in [1.807, 2.05) is 51.1 Å². The van der Waals surface area contributed by atoms with Crippen LogP contribution in [0.1, 0.15) is 128 Å². The van der Waals surface area contributed by atoms with Crippen molar-refractivity contribution in [2.45, 2.75) is 154 Å². The highest BCUT2D eigenvalue weighted by Crippen LogP contribution is 2.64. The second-order valence-electron chi connectivity index (χ2n) is 24.4. The number of hydrogen-bond donors (Lipinski definition) is 8. The molecular weight excluding hydrogens is 1070 g/mol. The highest BCUT2D eigenvalue weighted by molar-refractivity contribution is 5.94. The third-order valence-corrected chi connectivity index (χ3v) is 16.4. The van der Waals surface area contributed by atoms with Crippen LogP contribution in [0.15, 0.2) is 118 Å². The van der Waals surface area contributed by atoms with Crippen LogP contribution in [0.25, 0.3) is 12.2 Å². The van der Waals surface area contributed by atoms with Gasteiger partial charge in [0.25, 0.3) is 11.1 Å². The first-order valence-corrected chi connectivity index (χ1v) is 27.3. The molecule has 0 radical (unpaired) electrons. The third kappa shape index (κ3) is 11.9. The summed E-state index contributed by atoms with van der Waals surface area (Å²) in [5.74, 6) is -5.36. The summed E-state index contributed by atoms with van der Waals surface area (Å²) >= 11 is 0. The number of aliphatic hydroxyl groups excluding tert-OH is 3. The van der Waals surface area contributed by atoms with Gasteiger partial charge in [0.05, 0.1) is 47.7 Å². The fourth-order valence-electron chi connectivity index (χ4n) is 12.1. The highest BCUT2D eigenvalue weighted by Gasteiger charge is 2.78. The number of ketones is 1. The normalized spacial score (nSPS) is 27.6. The van der Waals surface area contributed by atoms with E-state index < -0.39 is 112 Å². The van der Waals surface area contributed by atoms with Crippen LogP contribution in [0.5, 0.6) is 0 Å². The number of amides is 1. The van der Waals surface area contributed by atoms with Gasteiger partial charge in [-0.2, -0.15) is 0 Å². The van der Waals surface area contributed by atoms with Gasteiger partial charge >= 0.3 is 24.0 Å². The van der Waals surface area contributed by atoms with Gasteiger partial charge < -0.3 is 64.4 Å². The average Bonchev–Trinajstić information content (AvgIpc) is 0.994. The number of carbonyl (C=O) groups excluding carboxylic acids is 5. The molecule has 21 heteroatoms. The number of rotatable bonds is 10. The predicted molar refractivity (Wildman–Crippen MR) is 301 cm³/mol. The summed E-state index contributed by atoms with van der Waals surface area (Å²) in [6, 6.07) is 24.0. The zero-order valence-electron chi connectivity index (χ0n) is 48.3. The lowest BCUT2D eigenvalue weighted by Gasteiger charge is -2.67. The molecule has 2 aromatic heterocycles. The first-order valence-electron chi connectivity index (χ1n) is 27.3. The molecule has 1 amide bonds. The van der Waals surface area contributed by atoms with Gasteiger partial charge in [0.1, 0.15) is 46.3 Å². The number of aromatic amines is 3. The van der Waals surface area contributed by atoms with Crippen molar-refractivity contribution in [2.24, 2.45) is 16.7 Å². The lowest BCUT2D eigenvalue weighted by atomic mass is 9.44. The molecule has 1 saturated heterocycles. The molecule has 11 atom stereocenters. The molecule has 442 valence electrons. The summed E-state index contributed by atoms with van der Waals surface area (Å²) in [5.41, 5.74) is -6.66. The fourth-order valence-corrected chi connectivity index (χ4v) is 12.1. The Kier molecular flexibility index (Phi) is 17.0. The van der Waals surface area contributed by atoms with Gasteiger partial charge in [0, 0.05) is 36.3 Å². The van der Waals surface area contributed by atoms with Crippen molar-refractivity contribution in [1.29, 1.82) is 0 Å². The number of carbonyl (C=O) groups is 5. The Morgan fingerprint density at radius 1 is 0.831 bits per heavy atom. The Balaban J connectivity index is 0.000000299. The SMILES string of the molecule is CC(=O)O[C@@]12CO[C@@H]1C[C@H](O)[C@@]1(C)C(=O)[C@H](O)C3=C(C)[C@@H](OC(=O)[C@H](O)[C@@H](NC(=O)OC(C)(C)C)c4ccccc4)C[C@@](O)([C@@H](OC(=O)c4ccccc4)[C@H]21)C3(C)C.CC(C)(C)c1[nH]cnc1/C=c1\[nH]c(=O)/c(=C/c2ccccc2)[nH]c1=O. The number of nitrogens with zero attached hydrogens (tertiary/aromatic N) is 1. The quantitative estimate of drug-likeness (QED) is 0.0557. The van der Waals surface area contributed by atoms with Crippen LogP contribution in [0.3, 0.4) is 0 Å². The molecule has 83 heavy (non-hydrogen) atoms. The molecule has 3 heterocycles. The van der Waals surface area contributed by atoms with E-state index in [1.54, 1.807) is 102 Å². The number of fused-ring (bicyclic) bond motifs is 5. The smallest absolute Gasteiger partial charge is 0.408 e.